The molecule has 2 rings (SSSR count). The van der Waals surface area contributed by atoms with Crippen LogP contribution in [0.5, 0.6) is 0 Å². The lowest BCUT2D eigenvalue weighted by atomic mass is 10.2. The number of rotatable bonds is 3. The molecule has 1 aliphatic heterocycles. The second-order valence-electron chi connectivity index (χ2n) is 5.02. The Morgan fingerprint density at radius 3 is 2.55 bits per heavy atom. The molecule has 1 aromatic carbocycles. The van der Waals surface area contributed by atoms with Crippen LogP contribution in [0.4, 0.5) is 10.1 Å². The molecule has 1 amide bonds. The van der Waals surface area contributed by atoms with Gasteiger partial charge in [-0.2, -0.15) is 0 Å². The van der Waals surface area contributed by atoms with Crippen LogP contribution in [0, 0.1) is 5.82 Å². The van der Waals surface area contributed by atoms with E-state index in [0.717, 1.165) is 31.7 Å². The maximum atomic E-state index is 12.9. The Hall–Kier alpha value is -1.62. The summed E-state index contributed by atoms with van der Waals surface area (Å²) in [7, 11) is 1.55. The number of ether oxygens (including phenoxy) is 1. The first-order valence-electron chi connectivity index (χ1n) is 6.94. The van der Waals surface area contributed by atoms with Gasteiger partial charge in [0, 0.05) is 39.0 Å². The number of amides is 1. The van der Waals surface area contributed by atoms with Gasteiger partial charge in [-0.05, 0) is 37.6 Å². The number of carbonyl (C=O) groups excluding carboxylic acids is 1. The van der Waals surface area contributed by atoms with E-state index in [9.17, 15) is 9.18 Å². The zero-order valence-corrected chi connectivity index (χ0v) is 12.0. The summed E-state index contributed by atoms with van der Waals surface area (Å²) in [4.78, 5) is 16.1. The van der Waals surface area contributed by atoms with E-state index < -0.39 is 6.10 Å². The van der Waals surface area contributed by atoms with Crippen molar-refractivity contribution < 1.29 is 13.9 Å². The van der Waals surface area contributed by atoms with Gasteiger partial charge in [-0.25, -0.2) is 4.39 Å². The number of halogens is 1. The Morgan fingerprint density at radius 1 is 1.20 bits per heavy atom. The first kappa shape index (κ1) is 14.8. The van der Waals surface area contributed by atoms with Gasteiger partial charge >= 0.3 is 0 Å². The minimum absolute atomic E-state index is 0.0356. The second kappa shape index (κ2) is 6.70. The average molecular weight is 280 g/mol. The molecular weight excluding hydrogens is 259 g/mol. The van der Waals surface area contributed by atoms with E-state index >= 15 is 0 Å². The van der Waals surface area contributed by atoms with Gasteiger partial charge in [0.15, 0.2) is 0 Å². The summed E-state index contributed by atoms with van der Waals surface area (Å²) in [5.74, 6) is -0.192. The molecule has 5 heteroatoms. The van der Waals surface area contributed by atoms with Gasteiger partial charge in [0.2, 0.25) is 0 Å². The van der Waals surface area contributed by atoms with Crippen molar-refractivity contribution in [3.63, 3.8) is 0 Å². The lowest BCUT2D eigenvalue weighted by Gasteiger charge is -2.25. The number of methoxy groups -OCH3 is 1. The Labute approximate surface area is 119 Å². The van der Waals surface area contributed by atoms with E-state index in [1.54, 1.807) is 26.2 Å². The average Bonchev–Trinajstić information content (AvgIpc) is 2.72. The van der Waals surface area contributed by atoms with Crippen LogP contribution in [-0.2, 0) is 9.53 Å². The number of benzene rings is 1. The quantitative estimate of drug-likeness (QED) is 0.848. The fourth-order valence-corrected chi connectivity index (χ4v) is 2.41. The van der Waals surface area contributed by atoms with Crippen LogP contribution in [0.15, 0.2) is 24.3 Å². The summed E-state index contributed by atoms with van der Waals surface area (Å²) in [6.45, 7) is 4.81. The molecule has 0 saturated carbocycles. The Kier molecular flexibility index (Phi) is 4.95. The van der Waals surface area contributed by atoms with Crippen LogP contribution in [-0.4, -0.2) is 50.2 Å². The second-order valence-corrected chi connectivity index (χ2v) is 5.02. The molecule has 110 valence electrons. The fourth-order valence-electron chi connectivity index (χ4n) is 2.41. The molecule has 1 unspecified atom stereocenters. The number of hydrogen-bond donors (Lipinski definition) is 0. The Bertz CT molecular complexity index is 450. The maximum Gasteiger partial charge on any atom is 0.251 e. The van der Waals surface area contributed by atoms with Crippen molar-refractivity contribution in [2.24, 2.45) is 0 Å². The van der Waals surface area contributed by atoms with Crippen LogP contribution in [0.25, 0.3) is 0 Å². The lowest BCUT2D eigenvalue weighted by Crippen LogP contribution is -2.41. The predicted octanol–water partition coefficient (Wildman–Crippen LogP) is 1.90. The van der Waals surface area contributed by atoms with Crippen LogP contribution in [0.2, 0.25) is 0 Å². The van der Waals surface area contributed by atoms with E-state index in [2.05, 4.69) is 4.90 Å². The summed E-state index contributed by atoms with van der Waals surface area (Å²) >= 11 is 0. The van der Waals surface area contributed by atoms with E-state index in [4.69, 9.17) is 4.74 Å². The molecular formula is C15H21FN2O2. The van der Waals surface area contributed by atoms with Crippen LogP contribution in [0.3, 0.4) is 0 Å². The maximum absolute atomic E-state index is 12.9. The van der Waals surface area contributed by atoms with Crippen molar-refractivity contribution in [1.82, 2.24) is 4.90 Å². The number of nitrogens with zero attached hydrogens (tertiary/aromatic N) is 2. The minimum atomic E-state index is -0.396. The third-order valence-electron chi connectivity index (χ3n) is 3.70. The summed E-state index contributed by atoms with van der Waals surface area (Å²) in [5.41, 5.74) is 1.00. The van der Waals surface area contributed by atoms with E-state index in [-0.39, 0.29) is 11.7 Å². The minimum Gasteiger partial charge on any atom is -0.372 e. The SMILES string of the molecule is COC(C)C(=O)N1CCCN(c2ccc(F)cc2)CC1. The predicted molar refractivity (Wildman–Crippen MR) is 76.3 cm³/mol. The normalized spacial score (nSPS) is 17.8. The molecule has 1 heterocycles. The van der Waals surface area contributed by atoms with Crippen molar-refractivity contribution in [1.29, 1.82) is 0 Å². The van der Waals surface area contributed by atoms with E-state index in [0.29, 0.717) is 6.54 Å². The van der Waals surface area contributed by atoms with Gasteiger partial charge in [-0.3, -0.25) is 4.79 Å². The molecule has 20 heavy (non-hydrogen) atoms. The molecule has 0 spiro atoms. The van der Waals surface area contributed by atoms with Crippen molar-refractivity contribution in [2.75, 3.05) is 38.2 Å². The van der Waals surface area contributed by atoms with Crippen molar-refractivity contribution in [3.05, 3.63) is 30.1 Å². The molecule has 0 N–H and O–H groups in total. The molecule has 1 aliphatic rings. The molecule has 0 aromatic heterocycles. The summed E-state index contributed by atoms with van der Waals surface area (Å²) in [5, 5.41) is 0. The highest BCUT2D eigenvalue weighted by molar-refractivity contribution is 5.80. The highest BCUT2D eigenvalue weighted by atomic mass is 19.1. The number of anilines is 1. The largest absolute Gasteiger partial charge is 0.372 e. The van der Waals surface area contributed by atoms with Gasteiger partial charge in [0.05, 0.1) is 0 Å². The van der Waals surface area contributed by atoms with Crippen LogP contribution >= 0.6 is 0 Å². The smallest absolute Gasteiger partial charge is 0.251 e. The lowest BCUT2D eigenvalue weighted by molar-refractivity contribution is -0.140. The van der Waals surface area contributed by atoms with E-state index in [1.165, 1.54) is 12.1 Å². The van der Waals surface area contributed by atoms with Crippen molar-refractivity contribution in [2.45, 2.75) is 19.4 Å². The molecule has 0 aliphatic carbocycles. The third-order valence-corrected chi connectivity index (χ3v) is 3.70. The molecule has 1 fully saturated rings. The fraction of sp³-hybridized carbons (Fsp3) is 0.533. The first-order valence-corrected chi connectivity index (χ1v) is 6.94. The summed E-state index contributed by atoms with van der Waals surface area (Å²) in [6, 6.07) is 6.50. The van der Waals surface area contributed by atoms with E-state index in [1.807, 2.05) is 4.90 Å². The summed E-state index contributed by atoms with van der Waals surface area (Å²) < 4.78 is 18.0. The zero-order valence-electron chi connectivity index (χ0n) is 12.0. The molecule has 1 saturated heterocycles. The highest BCUT2D eigenvalue weighted by Crippen LogP contribution is 2.17. The van der Waals surface area contributed by atoms with Crippen LogP contribution in [0.1, 0.15) is 13.3 Å². The monoisotopic (exact) mass is 280 g/mol. The molecule has 1 atom stereocenters. The first-order chi connectivity index (χ1) is 9.61. The number of carbonyl (C=O) groups is 1. The topological polar surface area (TPSA) is 32.8 Å². The van der Waals surface area contributed by atoms with Gasteiger partial charge in [-0.1, -0.05) is 0 Å². The molecule has 0 radical (unpaired) electrons. The number of hydrogen-bond acceptors (Lipinski definition) is 3. The van der Waals surface area contributed by atoms with Crippen molar-refractivity contribution >= 4 is 11.6 Å². The van der Waals surface area contributed by atoms with Gasteiger partial charge < -0.3 is 14.5 Å². The highest BCUT2D eigenvalue weighted by Gasteiger charge is 2.23. The standard InChI is InChI=1S/C15H21FN2O2/c1-12(20-2)15(19)18-9-3-8-17(10-11-18)14-6-4-13(16)5-7-14/h4-7,12H,3,8-11H2,1-2H3. The van der Waals surface area contributed by atoms with Crippen molar-refractivity contribution in [3.8, 4) is 0 Å². The summed E-state index contributed by atoms with van der Waals surface area (Å²) in [6.07, 6.45) is 0.506. The Morgan fingerprint density at radius 2 is 1.90 bits per heavy atom. The van der Waals surface area contributed by atoms with Gasteiger partial charge in [0.25, 0.3) is 5.91 Å². The zero-order chi connectivity index (χ0) is 14.5. The Balaban J connectivity index is 1.98. The molecule has 0 bridgehead atoms. The van der Waals surface area contributed by atoms with Gasteiger partial charge in [-0.15, -0.1) is 0 Å². The third kappa shape index (κ3) is 3.48. The molecule has 4 nitrogen and oxygen atoms in total. The van der Waals surface area contributed by atoms with Gasteiger partial charge in [0.1, 0.15) is 11.9 Å². The molecule has 1 aromatic rings. The van der Waals surface area contributed by atoms with Crippen LogP contribution < -0.4 is 4.90 Å².